The number of amides is 2. The Labute approximate surface area is 158 Å². The molecule has 2 aromatic carbocycles. The van der Waals surface area contributed by atoms with Crippen LogP contribution in [0.4, 0.5) is 16.2 Å². The summed E-state index contributed by atoms with van der Waals surface area (Å²) >= 11 is 0. The Kier molecular flexibility index (Phi) is 5.72. The number of aryl methyl sites for hydroxylation is 1. The van der Waals surface area contributed by atoms with Gasteiger partial charge in [-0.15, -0.1) is 0 Å². The zero-order valence-corrected chi connectivity index (χ0v) is 15.2. The second-order valence-corrected chi connectivity index (χ2v) is 6.34. The zero-order chi connectivity index (χ0) is 19.2. The molecule has 1 heterocycles. The summed E-state index contributed by atoms with van der Waals surface area (Å²) in [6.07, 6.45) is 1.93. The Bertz CT molecular complexity index is 854. The molecule has 3 rings (SSSR count). The summed E-state index contributed by atoms with van der Waals surface area (Å²) < 4.78 is 4.64. The zero-order valence-electron chi connectivity index (χ0n) is 15.2. The summed E-state index contributed by atoms with van der Waals surface area (Å²) in [5.41, 5.74) is 3.34. The first kappa shape index (κ1) is 18.5. The average molecular weight is 363 g/mol. The highest BCUT2D eigenvalue weighted by Gasteiger charge is 2.30. The molecule has 1 saturated heterocycles. The molecule has 0 aromatic heterocycles. The van der Waals surface area contributed by atoms with Crippen molar-refractivity contribution >= 4 is 23.4 Å². The molecule has 1 aliphatic heterocycles. The monoisotopic (exact) mass is 363 g/mol. The van der Waals surface area contributed by atoms with Gasteiger partial charge in [0.1, 0.15) is 0 Å². The SMILES string of the molecule is COC(=O)CCCc1ccc(N2CCN(c3ccc(C#N)cc3)C2=O)cc1. The number of esters is 1. The van der Waals surface area contributed by atoms with Gasteiger partial charge in [-0.2, -0.15) is 5.26 Å². The van der Waals surface area contributed by atoms with Crippen molar-refractivity contribution in [2.45, 2.75) is 19.3 Å². The number of urea groups is 1. The fourth-order valence-electron chi connectivity index (χ4n) is 3.11. The number of anilines is 2. The molecule has 0 saturated carbocycles. The van der Waals surface area contributed by atoms with Gasteiger partial charge in [0.15, 0.2) is 0 Å². The van der Waals surface area contributed by atoms with Crippen LogP contribution in [0.1, 0.15) is 24.0 Å². The van der Waals surface area contributed by atoms with E-state index in [-0.39, 0.29) is 12.0 Å². The molecule has 138 valence electrons. The molecule has 0 bridgehead atoms. The molecular formula is C21H21N3O3. The van der Waals surface area contributed by atoms with E-state index < -0.39 is 0 Å². The highest BCUT2D eigenvalue weighted by molar-refractivity contribution is 6.06. The Morgan fingerprint density at radius 2 is 1.59 bits per heavy atom. The Balaban J connectivity index is 1.62. The second kappa shape index (κ2) is 8.37. The predicted octanol–water partition coefficient (Wildman–Crippen LogP) is 3.50. The third kappa shape index (κ3) is 4.26. The van der Waals surface area contributed by atoms with Crippen LogP contribution in [-0.2, 0) is 16.0 Å². The van der Waals surface area contributed by atoms with Gasteiger partial charge in [-0.05, 0) is 54.8 Å². The number of carbonyl (C=O) groups excluding carboxylic acids is 2. The number of nitriles is 1. The minimum absolute atomic E-state index is 0.0712. The third-order valence-electron chi connectivity index (χ3n) is 4.64. The van der Waals surface area contributed by atoms with Crippen LogP contribution in [0, 0.1) is 11.3 Å². The molecular weight excluding hydrogens is 342 g/mol. The van der Waals surface area contributed by atoms with Gasteiger partial charge in [0, 0.05) is 30.9 Å². The lowest BCUT2D eigenvalue weighted by molar-refractivity contribution is -0.140. The first-order valence-corrected chi connectivity index (χ1v) is 8.87. The van der Waals surface area contributed by atoms with Gasteiger partial charge in [0.05, 0.1) is 18.7 Å². The van der Waals surface area contributed by atoms with Gasteiger partial charge in [-0.25, -0.2) is 4.79 Å². The largest absolute Gasteiger partial charge is 0.469 e. The van der Waals surface area contributed by atoms with Crippen LogP contribution in [0.5, 0.6) is 0 Å². The van der Waals surface area contributed by atoms with Crippen molar-refractivity contribution in [1.29, 1.82) is 5.26 Å². The first-order valence-electron chi connectivity index (χ1n) is 8.87. The first-order chi connectivity index (χ1) is 13.1. The molecule has 0 spiro atoms. The standard InChI is InChI=1S/C21H21N3O3/c1-27-20(25)4-2-3-16-5-9-18(10-6-16)23-13-14-24(21(23)26)19-11-7-17(15-22)8-12-19/h5-12H,2-4,13-14H2,1H3. The molecule has 0 radical (unpaired) electrons. The maximum atomic E-state index is 12.8. The van der Waals surface area contributed by atoms with E-state index in [2.05, 4.69) is 10.8 Å². The van der Waals surface area contributed by atoms with Gasteiger partial charge in [-0.3, -0.25) is 14.6 Å². The number of methoxy groups -OCH3 is 1. The number of rotatable bonds is 6. The average Bonchev–Trinajstić information content (AvgIpc) is 3.09. The van der Waals surface area contributed by atoms with E-state index in [0.717, 1.165) is 29.8 Å². The maximum Gasteiger partial charge on any atom is 0.329 e. The summed E-state index contributed by atoms with van der Waals surface area (Å²) in [4.78, 5) is 27.4. The minimum atomic E-state index is -0.197. The number of nitrogens with zero attached hydrogens (tertiary/aromatic N) is 3. The van der Waals surface area contributed by atoms with E-state index in [9.17, 15) is 9.59 Å². The Morgan fingerprint density at radius 3 is 2.11 bits per heavy atom. The molecule has 0 aliphatic carbocycles. The van der Waals surface area contributed by atoms with E-state index in [1.54, 1.807) is 34.1 Å². The number of hydrogen-bond acceptors (Lipinski definition) is 4. The van der Waals surface area contributed by atoms with Crippen molar-refractivity contribution in [3.63, 3.8) is 0 Å². The smallest absolute Gasteiger partial charge is 0.329 e. The quantitative estimate of drug-likeness (QED) is 0.736. The maximum absolute atomic E-state index is 12.8. The van der Waals surface area contributed by atoms with E-state index >= 15 is 0 Å². The topological polar surface area (TPSA) is 73.6 Å². The van der Waals surface area contributed by atoms with E-state index in [1.807, 2.05) is 24.3 Å². The normalized spacial score (nSPS) is 13.6. The lowest BCUT2D eigenvalue weighted by Crippen LogP contribution is -2.31. The lowest BCUT2D eigenvalue weighted by Gasteiger charge is -2.19. The summed E-state index contributed by atoms with van der Waals surface area (Å²) in [5, 5.41) is 8.89. The fourth-order valence-corrected chi connectivity index (χ4v) is 3.11. The van der Waals surface area contributed by atoms with Gasteiger partial charge in [-0.1, -0.05) is 12.1 Å². The van der Waals surface area contributed by atoms with E-state index in [4.69, 9.17) is 5.26 Å². The molecule has 0 N–H and O–H groups in total. The van der Waals surface area contributed by atoms with Crippen LogP contribution in [-0.4, -0.2) is 32.2 Å². The minimum Gasteiger partial charge on any atom is -0.469 e. The lowest BCUT2D eigenvalue weighted by atomic mass is 10.1. The van der Waals surface area contributed by atoms with Crippen LogP contribution in [0.3, 0.4) is 0 Å². The van der Waals surface area contributed by atoms with E-state index in [0.29, 0.717) is 25.1 Å². The molecule has 27 heavy (non-hydrogen) atoms. The van der Waals surface area contributed by atoms with Crippen LogP contribution >= 0.6 is 0 Å². The van der Waals surface area contributed by atoms with Gasteiger partial charge < -0.3 is 4.74 Å². The molecule has 0 unspecified atom stereocenters. The molecule has 0 atom stereocenters. The molecule has 1 aliphatic rings. The number of benzene rings is 2. The third-order valence-corrected chi connectivity index (χ3v) is 4.64. The number of ether oxygens (including phenoxy) is 1. The van der Waals surface area contributed by atoms with E-state index in [1.165, 1.54) is 7.11 Å². The molecule has 6 heteroatoms. The molecule has 2 amide bonds. The predicted molar refractivity (Wildman–Crippen MR) is 103 cm³/mol. The highest BCUT2D eigenvalue weighted by atomic mass is 16.5. The Hall–Kier alpha value is -3.33. The van der Waals surface area contributed by atoms with Crippen molar-refractivity contribution in [2.75, 3.05) is 30.0 Å². The van der Waals surface area contributed by atoms with Gasteiger partial charge >= 0.3 is 12.0 Å². The van der Waals surface area contributed by atoms with Crippen molar-refractivity contribution < 1.29 is 14.3 Å². The summed E-state index contributed by atoms with van der Waals surface area (Å²) in [6, 6.07) is 16.9. The van der Waals surface area contributed by atoms with Crippen molar-refractivity contribution in [3.8, 4) is 6.07 Å². The van der Waals surface area contributed by atoms with Crippen LogP contribution in [0.2, 0.25) is 0 Å². The van der Waals surface area contributed by atoms with Crippen molar-refractivity contribution in [3.05, 3.63) is 59.7 Å². The molecule has 1 fully saturated rings. The van der Waals surface area contributed by atoms with Crippen molar-refractivity contribution in [1.82, 2.24) is 0 Å². The number of hydrogen-bond donors (Lipinski definition) is 0. The second-order valence-electron chi connectivity index (χ2n) is 6.34. The van der Waals surface area contributed by atoms with Gasteiger partial charge in [0.2, 0.25) is 0 Å². The summed E-state index contributed by atoms with van der Waals surface area (Å²) in [5.74, 6) is -0.197. The summed E-state index contributed by atoms with van der Waals surface area (Å²) in [7, 11) is 1.39. The summed E-state index contributed by atoms with van der Waals surface area (Å²) in [6.45, 7) is 1.21. The Morgan fingerprint density at radius 1 is 1.04 bits per heavy atom. The van der Waals surface area contributed by atoms with Crippen LogP contribution < -0.4 is 9.80 Å². The van der Waals surface area contributed by atoms with Crippen LogP contribution in [0.15, 0.2) is 48.5 Å². The fraction of sp³-hybridized carbons (Fsp3) is 0.286. The number of carbonyl (C=O) groups is 2. The van der Waals surface area contributed by atoms with Crippen molar-refractivity contribution in [2.24, 2.45) is 0 Å². The molecule has 6 nitrogen and oxygen atoms in total. The molecule has 2 aromatic rings. The van der Waals surface area contributed by atoms with Crippen LogP contribution in [0.25, 0.3) is 0 Å². The van der Waals surface area contributed by atoms with Gasteiger partial charge in [0.25, 0.3) is 0 Å². The highest BCUT2D eigenvalue weighted by Crippen LogP contribution is 2.26.